The predicted octanol–water partition coefficient (Wildman–Crippen LogP) is 4.63. The van der Waals surface area contributed by atoms with Crippen LogP contribution in [-0.4, -0.2) is 11.8 Å². The van der Waals surface area contributed by atoms with Crippen LogP contribution in [0.15, 0.2) is 48.5 Å². The van der Waals surface area contributed by atoms with Gasteiger partial charge in [-0.15, -0.1) is 0 Å². The van der Waals surface area contributed by atoms with E-state index in [0.717, 1.165) is 19.3 Å². The molecule has 2 aromatic rings. The van der Waals surface area contributed by atoms with Gasteiger partial charge in [-0.3, -0.25) is 9.59 Å². The summed E-state index contributed by atoms with van der Waals surface area (Å²) in [7, 11) is 0. The van der Waals surface area contributed by atoms with Gasteiger partial charge in [0, 0.05) is 23.4 Å². The maximum absolute atomic E-state index is 12.3. The van der Waals surface area contributed by atoms with Crippen LogP contribution in [0.4, 0.5) is 11.4 Å². The summed E-state index contributed by atoms with van der Waals surface area (Å²) >= 11 is 0. The highest BCUT2D eigenvalue weighted by Gasteiger charge is 2.07. The lowest BCUT2D eigenvalue weighted by molar-refractivity contribution is -0.116. The molecule has 0 radical (unpaired) electrons. The number of rotatable bonds is 7. The van der Waals surface area contributed by atoms with Gasteiger partial charge in [0.25, 0.3) is 5.91 Å². The molecule has 0 atom stereocenters. The molecule has 0 aromatic heterocycles. The Bertz CT molecular complexity index is 693. The largest absolute Gasteiger partial charge is 0.326 e. The molecular weight excluding hydrogens is 300 g/mol. The average Bonchev–Trinajstić information content (AvgIpc) is 2.60. The Hall–Kier alpha value is -2.62. The Morgan fingerprint density at radius 2 is 1.58 bits per heavy atom. The van der Waals surface area contributed by atoms with Crippen molar-refractivity contribution in [3.8, 4) is 0 Å². The van der Waals surface area contributed by atoms with E-state index in [0.29, 0.717) is 23.4 Å². The summed E-state index contributed by atoms with van der Waals surface area (Å²) in [5, 5.41) is 5.72. The maximum Gasteiger partial charge on any atom is 0.255 e. The van der Waals surface area contributed by atoms with E-state index in [1.165, 1.54) is 5.56 Å². The lowest BCUT2D eigenvalue weighted by Crippen LogP contribution is -2.13. The Labute approximate surface area is 143 Å². The van der Waals surface area contributed by atoms with Gasteiger partial charge in [0.1, 0.15) is 0 Å². The zero-order chi connectivity index (χ0) is 17.4. The quantitative estimate of drug-likeness (QED) is 0.780. The average molecular weight is 324 g/mol. The zero-order valence-corrected chi connectivity index (χ0v) is 14.3. The van der Waals surface area contributed by atoms with E-state index in [1.807, 2.05) is 36.4 Å². The number of nitrogens with one attached hydrogen (secondary N) is 2. The molecule has 2 N–H and O–H groups in total. The molecule has 0 bridgehead atoms. The molecular formula is C20H24N2O2. The molecule has 0 spiro atoms. The summed E-state index contributed by atoms with van der Waals surface area (Å²) in [6.45, 7) is 4.13. The van der Waals surface area contributed by atoms with Gasteiger partial charge in [0.15, 0.2) is 0 Å². The van der Waals surface area contributed by atoms with Crippen molar-refractivity contribution in [1.82, 2.24) is 0 Å². The lowest BCUT2D eigenvalue weighted by atomic mass is 10.1. The van der Waals surface area contributed by atoms with Crippen LogP contribution in [0.1, 0.15) is 49.0 Å². The molecule has 0 aliphatic rings. The van der Waals surface area contributed by atoms with E-state index in [-0.39, 0.29) is 11.8 Å². The summed E-state index contributed by atoms with van der Waals surface area (Å²) in [6.07, 6.45) is 3.31. The van der Waals surface area contributed by atoms with Crippen LogP contribution in [0.2, 0.25) is 0 Å². The predicted molar refractivity (Wildman–Crippen MR) is 98.4 cm³/mol. The topological polar surface area (TPSA) is 58.2 Å². The van der Waals surface area contributed by atoms with E-state index in [1.54, 1.807) is 12.1 Å². The normalized spacial score (nSPS) is 10.2. The molecule has 2 aromatic carbocycles. The fraction of sp³-hybridized carbons (Fsp3) is 0.300. The first-order valence-electron chi connectivity index (χ1n) is 8.42. The van der Waals surface area contributed by atoms with Crippen molar-refractivity contribution in [3.63, 3.8) is 0 Å². The first kappa shape index (κ1) is 17.7. The first-order chi connectivity index (χ1) is 11.6. The molecule has 4 heteroatoms. The third-order valence-electron chi connectivity index (χ3n) is 3.79. The number of aryl methyl sites for hydroxylation is 1. The number of hydrogen-bond donors (Lipinski definition) is 2. The number of carbonyl (C=O) groups excluding carboxylic acids is 2. The smallest absolute Gasteiger partial charge is 0.255 e. The van der Waals surface area contributed by atoms with E-state index in [4.69, 9.17) is 0 Å². The molecule has 0 aliphatic carbocycles. The monoisotopic (exact) mass is 324 g/mol. The zero-order valence-electron chi connectivity index (χ0n) is 14.3. The van der Waals surface area contributed by atoms with Gasteiger partial charge in [-0.1, -0.05) is 38.5 Å². The van der Waals surface area contributed by atoms with Crippen molar-refractivity contribution in [2.45, 2.75) is 39.5 Å². The van der Waals surface area contributed by atoms with Crippen molar-refractivity contribution in [2.75, 3.05) is 10.6 Å². The first-order valence-corrected chi connectivity index (χ1v) is 8.42. The van der Waals surface area contributed by atoms with Crippen molar-refractivity contribution in [2.24, 2.45) is 0 Å². The summed E-state index contributed by atoms with van der Waals surface area (Å²) in [5.74, 6) is -0.164. The number of benzene rings is 2. The highest BCUT2D eigenvalue weighted by Crippen LogP contribution is 2.17. The summed E-state index contributed by atoms with van der Waals surface area (Å²) < 4.78 is 0. The maximum atomic E-state index is 12.3. The van der Waals surface area contributed by atoms with Gasteiger partial charge >= 0.3 is 0 Å². The van der Waals surface area contributed by atoms with Crippen LogP contribution in [0, 0.1) is 0 Å². The standard InChI is InChI=1S/C20H24N2O2/c1-3-5-9-19(23)21-17-7-6-8-18(14-17)22-20(24)16-12-10-15(4-2)11-13-16/h6-8,10-14H,3-5,9H2,1-2H3,(H,21,23)(H,22,24). The van der Waals surface area contributed by atoms with Crippen molar-refractivity contribution in [1.29, 1.82) is 0 Å². The minimum Gasteiger partial charge on any atom is -0.326 e. The van der Waals surface area contributed by atoms with Gasteiger partial charge in [-0.25, -0.2) is 0 Å². The second-order valence-corrected chi connectivity index (χ2v) is 5.74. The number of unbranched alkanes of at least 4 members (excludes halogenated alkanes) is 1. The fourth-order valence-electron chi connectivity index (χ4n) is 2.33. The van der Waals surface area contributed by atoms with Gasteiger partial charge in [-0.05, 0) is 48.7 Å². The SMILES string of the molecule is CCCCC(=O)Nc1cccc(NC(=O)c2ccc(CC)cc2)c1. The molecule has 2 amide bonds. The lowest BCUT2D eigenvalue weighted by Gasteiger charge is -2.09. The van der Waals surface area contributed by atoms with E-state index in [9.17, 15) is 9.59 Å². The summed E-state index contributed by atoms with van der Waals surface area (Å²) in [4.78, 5) is 24.1. The molecule has 0 heterocycles. The van der Waals surface area contributed by atoms with E-state index < -0.39 is 0 Å². The summed E-state index contributed by atoms with van der Waals surface area (Å²) in [6, 6.07) is 14.8. The number of carbonyl (C=O) groups is 2. The van der Waals surface area contributed by atoms with Crippen molar-refractivity contribution in [3.05, 3.63) is 59.7 Å². The van der Waals surface area contributed by atoms with Crippen LogP contribution in [-0.2, 0) is 11.2 Å². The number of anilines is 2. The third-order valence-corrected chi connectivity index (χ3v) is 3.79. The summed E-state index contributed by atoms with van der Waals surface area (Å²) in [5.41, 5.74) is 3.16. The molecule has 24 heavy (non-hydrogen) atoms. The Morgan fingerprint density at radius 1 is 0.917 bits per heavy atom. The Morgan fingerprint density at radius 3 is 2.21 bits per heavy atom. The minimum absolute atomic E-state index is 0.00418. The molecule has 126 valence electrons. The van der Waals surface area contributed by atoms with Gasteiger partial charge in [0.05, 0.1) is 0 Å². The highest BCUT2D eigenvalue weighted by atomic mass is 16.2. The van der Waals surface area contributed by atoms with Crippen LogP contribution in [0.25, 0.3) is 0 Å². The fourth-order valence-corrected chi connectivity index (χ4v) is 2.33. The minimum atomic E-state index is -0.160. The molecule has 2 rings (SSSR count). The van der Waals surface area contributed by atoms with Crippen LogP contribution >= 0.6 is 0 Å². The molecule has 0 aliphatic heterocycles. The van der Waals surface area contributed by atoms with Crippen LogP contribution in [0.5, 0.6) is 0 Å². The van der Waals surface area contributed by atoms with Crippen molar-refractivity contribution >= 4 is 23.2 Å². The second-order valence-electron chi connectivity index (χ2n) is 5.74. The highest BCUT2D eigenvalue weighted by molar-refractivity contribution is 6.04. The molecule has 0 unspecified atom stereocenters. The molecule has 0 fully saturated rings. The Balaban J connectivity index is 2.00. The second kappa shape index (κ2) is 8.87. The van der Waals surface area contributed by atoms with Crippen LogP contribution < -0.4 is 10.6 Å². The third kappa shape index (κ3) is 5.23. The number of amides is 2. The van der Waals surface area contributed by atoms with Crippen molar-refractivity contribution < 1.29 is 9.59 Å². The van der Waals surface area contributed by atoms with Gasteiger partial charge in [0.2, 0.25) is 5.91 Å². The number of hydrogen-bond acceptors (Lipinski definition) is 2. The molecule has 4 nitrogen and oxygen atoms in total. The van der Waals surface area contributed by atoms with E-state index >= 15 is 0 Å². The Kier molecular flexibility index (Phi) is 6.55. The van der Waals surface area contributed by atoms with E-state index in [2.05, 4.69) is 24.5 Å². The van der Waals surface area contributed by atoms with Crippen LogP contribution in [0.3, 0.4) is 0 Å². The van der Waals surface area contributed by atoms with Gasteiger partial charge < -0.3 is 10.6 Å². The molecule has 0 saturated carbocycles. The molecule has 0 saturated heterocycles. The van der Waals surface area contributed by atoms with Gasteiger partial charge in [-0.2, -0.15) is 0 Å².